The van der Waals surface area contributed by atoms with Crippen molar-refractivity contribution in [1.29, 1.82) is 0 Å². The Labute approximate surface area is 241 Å². The first-order valence-corrected chi connectivity index (χ1v) is 15.1. The van der Waals surface area contributed by atoms with Crippen molar-refractivity contribution in [3.63, 3.8) is 0 Å². The standard InChI is InChI=1S/C26H38Cl2N6O4S/c1-18(2)15-21(32-25(35)33-24-9-5-6-12-29-24)17-34(26(36)31-19(3)4)14-8-7-13-30-39(37,38)23-11-10-20(27)16-22(23)28/h5-6,9-12,16,18-19,21,30H,7-8,13-15,17H2,1-4H3,(H,31,36)(H2,29,32,33,35)/t21-/m1/s1. The average Bonchev–Trinajstić information content (AvgIpc) is 2.82. The van der Waals surface area contributed by atoms with E-state index in [9.17, 15) is 18.0 Å². The van der Waals surface area contributed by atoms with E-state index in [2.05, 4.69) is 25.7 Å². The van der Waals surface area contributed by atoms with Crippen molar-refractivity contribution in [2.75, 3.05) is 25.0 Å². The fourth-order valence-corrected chi connectivity index (χ4v) is 5.65. The molecule has 0 aliphatic heterocycles. The molecule has 2 rings (SSSR count). The third-order valence-electron chi connectivity index (χ3n) is 5.47. The quantitative estimate of drug-likeness (QED) is 0.224. The second-order valence-corrected chi connectivity index (χ2v) is 12.4. The molecule has 13 heteroatoms. The van der Waals surface area contributed by atoms with Crippen molar-refractivity contribution in [3.8, 4) is 0 Å². The van der Waals surface area contributed by atoms with Gasteiger partial charge in [-0.2, -0.15) is 0 Å². The van der Waals surface area contributed by atoms with Crippen molar-refractivity contribution >= 4 is 51.1 Å². The molecule has 0 aliphatic carbocycles. The Kier molecular flexibility index (Phi) is 13.3. The summed E-state index contributed by atoms with van der Waals surface area (Å²) in [5.41, 5.74) is 0. The molecule has 4 amide bonds. The van der Waals surface area contributed by atoms with Gasteiger partial charge in [0.1, 0.15) is 10.7 Å². The molecule has 0 saturated heterocycles. The lowest BCUT2D eigenvalue weighted by atomic mass is 10.0. The number of pyridine rings is 1. The molecule has 1 atom stereocenters. The van der Waals surface area contributed by atoms with Crippen LogP contribution in [-0.4, -0.2) is 62.1 Å². The largest absolute Gasteiger partial charge is 0.336 e. The van der Waals surface area contributed by atoms with Gasteiger partial charge in [-0.1, -0.05) is 43.1 Å². The van der Waals surface area contributed by atoms with Gasteiger partial charge in [0, 0.05) is 42.9 Å². The average molecular weight is 602 g/mol. The van der Waals surface area contributed by atoms with Gasteiger partial charge in [0.15, 0.2) is 0 Å². The summed E-state index contributed by atoms with van der Waals surface area (Å²) in [7, 11) is -3.81. The van der Waals surface area contributed by atoms with E-state index in [1.807, 2.05) is 27.7 Å². The molecular weight excluding hydrogens is 563 g/mol. The zero-order valence-corrected chi connectivity index (χ0v) is 25.0. The number of carbonyl (C=O) groups is 2. The Balaban J connectivity index is 1.98. The number of unbranched alkanes of at least 4 members (excludes halogenated alkanes) is 1. The fraction of sp³-hybridized carbons (Fsp3) is 0.500. The first kappa shape index (κ1) is 32.6. The Morgan fingerprint density at radius 3 is 2.38 bits per heavy atom. The minimum absolute atomic E-state index is 0.0434. The number of aromatic nitrogens is 1. The molecule has 0 spiro atoms. The molecule has 0 saturated carbocycles. The van der Waals surface area contributed by atoms with Crippen LogP contribution >= 0.6 is 23.2 Å². The maximum atomic E-state index is 13.0. The molecular formula is C26H38Cl2N6O4S. The highest BCUT2D eigenvalue weighted by molar-refractivity contribution is 7.89. The van der Waals surface area contributed by atoms with E-state index < -0.39 is 16.1 Å². The van der Waals surface area contributed by atoms with Gasteiger partial charge in [-0.25, -0.2) is 27.7 Å². The normalized spacial score (nSPS) is 12.3. The van der Waals surface area contributed by atoms with E-state index in [-0.39, 0.29) is 40.5 Å². The summed E-state index contributed by atoms with van der Waals surface area (Å²) in [6.07, 6.45) is 3.27. The van der Waals surface area contributed by atoms with Crippen LogP contribution in [0.2, 0.25) is 10.0 Å². The Bertz CT molecular complexity index is 1180. The number of hydrogen-bond acceptors (Lipinski definition) is 5. The zero-order chi connectivity index (χ0) is 29.0. The molecule has 10 nitrogen and oxygen atoms in total. The number of urea groups is 2. The lowest BCUT2D eigenvalue weighted by Gasteiger charge is -2.30. The SMILES string of the molecule is CC(C)C[C@H](CN(CCCCNS(=O)(=O)c1ccc(Cl)cc1Cl)C(=O)NC(C)C)NC(=O)Nc1ccccn1. The topological polar surface area (TPSA) is 133 Å². The number of anilines is 1. The summed E-state index contributed by atoms with van der Waals surface area (Å²) in [5, 5.41) is 8.96. The highest BCUT2D eigenvalue weighted by Crippen LogP contribution is 2.24. The number of hydrogen-bond donors (Lipinski definition) is 4. The van der Waals surface area contributed by atoms with Crippen molar-refractivity contribution in [2.45, 2.75) is 63.9 Å². The molecule has 0 bridgehead atoms. The second-order valence-electron chi connectivity index (χ2n) is 9.87. The predicted molar refractivity (Wildman–Crippen MR) is 156 cm³/mol. The van der Waals surface area contributed by atoms with Gasteiger partial charge in [-0.3, -0.25) is 5.32 Å². The number of rotatable bonds is 14. The highest BCUT2D eigenvalue weighted by atomic mass is 35.5. The van der Waals surface area contributed by atoms with Crippen molar-refractivity contribution < 1.29 is 18.0 Å². The molecule has 1 heterocycles. The summed E-state index contributed by atoms with van der Waals surface area (Å²) >= 11 is 11.9. The van der Waals surface area contributed by atoms with Crippen LogP contribution in [-0.2, 0) is 10.0 Å². The van der Waals surface area contributed by atoms with E-state index in [0.717, 1.165) is 0 Å². The molecule has 0 aliphatic rings. The first-order valence-electron chi connectivity index (χ1n) is 12.9. The molecule has 1 aromatic heterocycles. The van der Waals surface area contributed by atoms with Gasteiger partial charge in [0.05, 0.1) is 5.02 Å². The third-order valence-corrected chi connectivity index (χ3v) is 7.65. The monoisotopic (exact) mass is 600 g/mol. The maximum Gasteiger partial charge on any atom is 0.320 e. The van der Waals surface area contributed by atoms with Crippen molar-refractivity contribution in [3.05, 3.63) is 52.6 Å². The number of sulfonamides is 1. The van der Waals surface area contributed by atoms with Gasteiger partial charge in [0.25, 0.3) is 0 Å². The van der Waals surface area contributed by atoms with Gasteiger partial charge in [-0.05, 0) is 69.4 Å². The lowest BCUT2D eigenvalue weighted by molar-refractivity contribution is 0.183. The number of amides is 4. The first-order chi connectivity index (χ1) is 18.4. The van der Waals surface area contributed by atoms with E-state index >= 15 is 0 Å². The number of nitrogens with zero attached hydrogens (tertiary/aromatic N) is 2. The molecule has 4 N–H and O–H groups in total. The summed E-state index contributed by atoms with van der Waals surface area (Å²) in [4.78, 5) is 31.3. The van der Waals surface area contributed by atoms with Gasteiger partial charge >= 0.3 is 12.1 Å². The van der Waals surface area contributed by atoms with E-state index in [1.54, 1.807) is 29.3 Å². The molecule has 39 heavy (non-hydrogen) atoms. The highest BCUT2D eigenvalue weighted by Gasteiger charge is 2.22. The van der Waals surface area contributed by atoms with Crippen LogP contribution in [0.25, 0.3) is 0 Å². The maximum absolute atomic E-state index is 13.0. The van der Waals surface area contributed by atoms with Crippen LogP contribution in [0, 0.1) is 5.92 Å². The number of nitrogens with one attached hydrogen (secondary N) is 4. The fourth-order valence-electron chi connectivity index (χ4n) is 3.81. The third kappa shape index (κ3) is 12.0. The second kappa shape index (κ2) is 15.9. The van der Waals surface area contributed by atoms with Crippen molar-refractivity contribution in [1.82, 2.24) is 25.2 Å². The number of carbonyl (C=O) groups excluding carboxylic acids is 2. The van der Waals surface area contributed by atoms with Crippen LogP contribution in [0.4, 0.5) is 15.4 Å². The smallest absolute Gasteiger partial charge is 0.320 e. The van der Waals surface area contributed by atoms with Crippen LogP contribution in [0.3, 0.4) is 0 Å². The molecule has 0 unspecified atom stereocenters. The minimum Gasteiger partial charge on any atom is -0.336 e. The summed E-state index contributed by atoms with van der Waals surface area (Å²) < 4.78 is 27.8. The predicted octanol–water partition coefficient (Wildman–Crippen LogP) is 5.10. The van der Waals surface area contributed by atoms with Gasteiger partial charge < -0.3 is 15.5 Å². The van der Waals surface area contributed by atoms with Crippen molar-refractivity contribution in [2.24, 2.45) is 5.92 Å². The van der Waals surface area contributed by atoms with Crippen LogP contribution in [0.15, 0.2) is 47.5 Å². The summed E-state index contributed by atoms with van der Waals surface area (Å²) in [6, 6.07) is 8.39. The summed E-state index contributed by atoms with van der Waals surface area (Å²) in [5.74, 6) is 0.698. The van der Waals surface area contributed by atoms with E-state index in [0.29, 0.717) is 43.2 Å². The van der Waals surface area contributed by atoms with Crippen LogP contribution < -0.4 is 20.7 Å². The van der Waals surface area contributed by atoms with Gasteiger partial charge in [-0.15, -0.1) is 0 Å². The Hall–Kier alpha value is -2.60. The molecule has 0 fully saturated rings. The van der Waals surface area contributed by atoms with Gasteiger partial charge in [0.2, 0.25) is 10.0 Å². The lowest BCUT2D eigenvalue weighted by Crippen LogP contribution is -2.51. The molecule has 2 aromatic rings. The molecule has 216 valence electrons. The van der Waals surface area contributed by atoms with E-state index in [4.69, 9.17) is 23.2 Å². The van der Waals surface area contributed by atoms with E-state index in [1.165, 1.54) is 18.2 Å². The summed E-state index contributed by atoms with van der Waals surface area (Å²) in [6.45, 7) is 8.67. The Morgan fingerprint density at radius 1 is 1.03 bits per heavy atom. The Morgan fingerprint density at radius 2 is 1.77 bits per heavy atom. The number of benzene rings is 1. The molecule has 0 radical (unpaired) electrons. The van der Waals surface area contributed by atoms with Crippen LogP contribution in [0.1, 0.15) is 47.0 Å². The molecule has 1 aromatic carbocycles. The number of halogens is 2. The zero-order valence-electron chi connectivity index (χ0n) is 22.7. The van der Waals surface area contributed by atoms with Crippen LogP contribution in [0.5, 0.6) is 0 Å². The minimum atomic E-state index is -3.81.